The van der Waals surface area contributed by atoms with E-state index in [2.05, 4.69) is 4.98 Å². The molecule has 0 saturated carbocycles. The van der Waals surface area contributed by atoms with Gasteiger partial charge in [-0.1, -0.05) is 23.2 Å². The Morgan fingerprint density at radius 1 is 1.47 bits per heavy atom. The summed E-state index contributed by atoms with van der Waals surface area (Å²) in [5.41, 5.74) is 1.43. The summed E-state index contributed by atoms with van der Waals surface area (Å²) in [5, 5.41) is 17.5. The Hall–Kier alpha value is -1.30. The summed E-state index contributed by atoms with van der Waals surface area (Å²) in [6.45, 7) is 0. The van der Waals surface area contributed by atoms with Crippen molar-refractivity contribution >= 4 is 34.7 Å². The number of aromatic nitrogens is 1. The lowest BCUT2D eigenvalue weighted by Gasteiger charge is -2.02. The highest BCUT2D eigenvalue weighted by atomic mass is 35.5. The van der Waals surface area contributed by atoms with Crippen LogP contribution >= 0.6 is 23.2 Å². The SMILES string of the molecule is O=C(O)/C(=C\NO)c1cc(Cl)cc(Cl)n1. The first-order chi connectivity index (χ1) is 7.04. The average Bonchev–Trinajstić information content (AvgIpc) is 2.11. The Labute approximate surface area is 94.9 Å². The number of hydrogen-bond acceptors (Lipinski definition) is 4. The van der Waals surface area contributed by atoms with E-state index in [1.807, 2.05) is 0 Å². The number of rotatable bonds is 3. The van der Waals surface area contributed by atoms with Gasteiger partial charge in [0.25, 0.3) is 0 Å². The number of hydroxylamine groups is 1. The molecule has 7 heteroatoms. The Bertz CT molecular complexity index is 400. The Balaban J connectivity index is 3.23. The normalized spacial score (nSPS) is 11.3. The Morgan fingerprint density at radius 2 is 2.13 bits per heavy atom. The van der Waals surface area contributed by atoms with Gasteiger partial charge in [-0.3, -0.25) is 10.7 Å². The second kappa shape index (κ2) is 4.97. The highest BCUT2D eigenvalue weighted by Gasteiger charge is 2.13. The third-order valence-electron chi connectivity index (χ3n) is 1.47. The van der Waals surface area contributed by atoms with Gasteiger partial charge in [-0.2, -0.15) is 0 Å². The van der Waals surface area contributed by atoms with Crippen LogP contribution in [-0.4, -0.2) is 21.3 Å². The highest BCUT2D eigenvalue weighted by Crippen LogP contribution is 2.20. The molecule has 0 saturated heterocycles. The molecular formula is C8H6Cl2N2O3. The van der Waals surface area contributed by atoms with Gasteiger partial charge in [0.2, 0.25) is 0 Å². The van der Waals surface area contributed by atoms with Crippen LogP contribution in [0.15, 0.2) is 18.3 Å². The number of aliphatic carboxylic acids is 1. The van der Waals surface area contributed by atoms with E-state index in [-0.39, 0.29) is 21.4 Å². The lowest BCUT2D eigenvalue weighted by Crippen LogP contribution is -2.07. The molecule has 0 fully saturated rings. The standard InChI is InChI=1S/C8H6Cl2N2O3/c9-4-1-6(12-7(10)2-4)5(3-11-15)8(13)14/h1-3,11,15H,(H,13,14)/b5-3-. The van der Waals surface area contributed by atoms with Gasteiger partial charge in [-0.25, -0.2) is 9.78 Å². The minimum atomic E-state index is -1.26. The van der Waals surface area contributed by atoms with Crippen molar-refractivity contribution in [3.63, 3.8) is 0 Å². The van der Waals surface area contributed by atoms with E-state index >= 15 is 0 Å². The fourth-order valence-electron chi connectivity index (χ4n) is 0.913. The number of pyridine rings is 1. The number of hydrogen-bond donors (Lipinski definition) is 3. The zero-order valence-electron chi connectivity index (χ0n) is 7.24. The molecule has 0 bridgehead atoms. The van der Waals surface area contributed by atoms with Crippen LogP contribution in [-0.2, 0) is 4.79 Å². The van der Waals surface area contributed by atoms with E-state index in [4.69, 9.17) is 33.5 Å². The van der Waals surface area contributed by atoms with Gasteiger partial charge >= 0.3 is 5.97 Å². The lowest BCUT2D eigenvalue weighted by molar-refractivity contribution is -0.130. The summed E-state index contributed by atoms with van der Waals surface area (Å²) in [7, 11) is 0. The van der Waals surface area contributed by atoms with Gasteiger partial charge < -0.3 is 5.11 Å². The second-order valence-corrected chi connectivity index (χ2v) is 3.31. The summed E-state index contributed by atoms with van der Waals surface area (Å²) in [4.78, 5) is 14.5. The predicted octanol–water partition coefficient (Wildman–Crippen LogP) is 1.79. The van der Waals surface area contributed by atoms with Crippen LogP contribution in [0.4, 0.5) is 0 Å². The molecule has 0 aliphatic heterocycles. The molecule has 0 spiro atoms. The van der Waals surface area contributed by atoms with E-state index in [1.54, 1.807) is 5.48 Å². The fourth-order valence-corrected chi connectivity index (χ4v) is 1.38. The largest absolute Gasteiger partial charge is 0.478 e. The molecule has 15 heavy (non-hydrogen) atoms. The van der Waals surface area contributed by atoms with Crippen molar-refractivity contribution in [1.29, 1.82) is 0 Å². The minimum Gasteiger partial charge on any atom is -0.478 e. The molecule has 1 rings (SSSR count). The molecule has 1 heterocycles. The lowest BCUT2D eigenvalue weighted by atomic mass is 10.2. The maximum absolute atomic E-state index is 10.8. The van der Waals surface area contributed by atoms with Crippen LogP contribution in [0, 0.1) is 0 Å². The fraction of sp³-hybridized carbons (Fsp3) is 0. The van der Waals surface area contributed by atoms with Crippen molar-refractivity contribution in [3.8, 4) is 0 Å². The molecule has 0 aliphatic carbocycles. The molecule has 0 amide bonds. The number of carbonyl (C=O) groups is 1. The molecule has 0 unspecified atom stereocenters. The first-order valence-corrected chi connectivity index (χ1v) is 4.46. The molecule has 1 aromatic heterocycles. The molecule has 0 atom stereocenters. The van der Waals surface area contributed by atoms with Crippen molar-refractivity contribution in [3.05, 3.63) is 34.2 Å². The topological polar surface area (TPSA) is 82.5 Å². The smallest absolute Gasteiger partial charge is 0.339 e. The minimum absolute atomic E-state index is 0.0570. The van der Waals surface area contributed by atoms with Crippen molar-refractivity contribution in [2.75, 3.05) is 0 Å². The average molecular weight is 249 g/mol. The summed E-state index contributed by atoms with van der Waals surface area (Å²) in [5.74, 6) is -1.26. The Morgan fingerprint density at radius 3 is 2.60 bits per heavy atom. The summed E-state index contributed by atoms with van der Waals surface area (Å²) in [6.07, 6.45) is 0.872. The van der Waals surface area contributed by atoms with Crippen LogP contribution in [0.5, 0.6) is 0 Å². The number of carboxylic acid groups (broad SMARTS) is 1. The predicted molar refractivity (Wildman–Crippen MR) is 54.8 cm³/mol. The van der Waals surface area contributed by atoms with Crippen LogP contribution in [0.2, 0.25) is 10.2 Å². The first kappa shape index (κ1) is 11.8. The van der Waals surface area contributed by atoms with Gasteiger partial charge in [0.05, 0.1) is 5.69 Å². The number of nitrogens with zero attached hydrogens (tertiary/aromatic N) is 1. The molecular weight excluding hydrogens is 243 g/mol. The van der Waals surface area contributed by atoms with Crippen molar-refractivity contribution in [2.24, 2.45) is 0 Å². The van der Waals surface area contributed by atoms with Crippen molar-refractivity contribution in [2.45, 2.75) is 0 Å². The molecule has 0 radical (unpaired) electrons. The highest BCUT2D eigenvalue weighted by molar-refractivity contribution is 6.34. The molecule has 0 aromatic carbocycles. The maximum Gasteiger partial charge on any atom is 0.339 e. The van der Waals surface area contributed by atoms with Crippen LogP contribution in [0.3, 0.4) is 0 Å². The summed E-state index contributed by atoms with van der Waals surface area (Å²) < 4.78 is 0. The van der Waals surface area contributed by atoms with E-state index in [9.17, 15) is 4.79 Å². The van der Waals surface area contributed by atoms with Crippen LogP contribution in [0.1, 0.15) is 5.69 Å². The quantitative estimate of drug-likeness (QED) is 0.432. The van der Waals surface area contributed by atoms with Crippen LogP contribution in [0.25, 0.3) is 5.57 Å². The zero-order valence-corrected chi connectivity index (χ0v) is 8.75. The molecule has 1 aromatic rings. The van der Waals surface area contributed by atoms with Gasteiger partial charge in [0, 0.05) is 11.2 Å². The van der Waals surface area contributed by atoms with Gasteiger partial charge in [0.15, 0.2) is 0 Å². The molecule has 80 valence electrons. The van der Waals surface area contributed by atoms with E-state index in [0.29, 0.717) is 0 Å². The van der Waals surface area contributed by atoms with Crippen molar-refractivity contribution in [1.82, 2.24) is 10.5 Å². The van der Waals surface area contributed by atoms with E-state index < -0.39 is 5.97 Å². The van der Waals surface area contributed by atoms with Gasteiger partial charge in [-0.05, 0) is 12.1 Å². The van der Waals surface area contributed by atoms with Crippen molar-refractivity contribution < 1.29 is 15.1 Å². The molecule has 5 nitrogen and oxygen atoms in total. The monoisotopic (exact) mass is 248 g/mol. The zero-order chi connectivity index (χ0) is 11.4. The van der Waals surface area contributed by atoms with E-state index in [0.717, 1.165) is 6.20 Å². The number of carboxylic acids is 1. The Kier molecular flexibility index (Phi) is 3.90. The summed E-state index contributed by atoms with van der Waals surface area (Å²) >= 11 is 11.3. The molecule has 3 N–H and O–H groups in total. The first-order valence-electron chi connectivity index (χ1n) is 3.71. The second-order valence-electron chi connectivity index (χ2n) is 2.49. The number of halogens is 2. The number of nitrogens with one attached hydrogen (secondary N) is 1. The third-order valence-corrected chi connectivity index (χ3v) is 1.89. The molecule has 0 aliphatic rings. The third kappa shape index (κ3) is 3.09. The van der Waals surface area contributed by atoms with E-state index in [1.165, 1.54) is 12.1 Å². The van der Waals surface area contributed by atoms with Gasteiger partial charge in [0.1, 0.15) is 10.7 Å². The maximum atomic E-state index is 10.8. The summed E-state index contributed by atoms with van der Waals surface area (Å²) in [6, 6.07) is 2.70. The van der Waals surface area contributed by atoms with Gasteiger partial charge in [-0.15, -0.1) is 0 Å². The van der Waals surface area contributed by atoms with Crippen LogP contribution < -0.4 is 5.48 Å².